The Hall–Kier alpha value is -0.860. The van der Waals surface area contributed by atoms with Crippen molar-refractivity contribution >= 4 is 0 Å². The van der Waals surface area contributed by atoms with Crippen molar-refractivity contribution in [1.29, 1.82) is 0 Å². The second-order valence-electron chi connectivity index (χ2n) is 4.73. The van der Waals surface area contributed by atoms with Gasteiger partial charge < -0.3 is 10.4 Å². The Balaban J connectivity index is 1.69. The monoisotopic (exact) mass is 219 g/mol. The van der Waals surface area contributed by atoms with Gasteiger partial charge in [-0.15, -0.1) is 0 Å². The number of hydrogen-bond donors (Lipinski definition) is 2. The molecule has 1 atom stereocenters. The highest BCUT2D eigenvalue weighted by atomic mass is 16.3. The van der Waals surface area contributed by atoms with E-state index in [0.717, 1.165) is 13.0 Å². The van der Waals surface area contributed by atoms with Gasteiger partial charge in [0.05, 0.1) is 6.10 Å². The third-order valence-electron chi connectivity index (χ3n) is 3.31. The highest BCUT2D eigenvalue weighted by molar-refractivity contribution is 5.15. The summed E-state index contributed by atoms with van der Waals surface area (Å²) in [5.74, 6) is 0. The van der Waals surface area contributed by atoms with Crippen LogP contribution in [-0.2, 0) is 6.42 Å². The molecule has 1 aromatic rings. The van der Waals surface area contributed by atoms with E-state index in [9.17, 15) is 5.11 Å². The van der Waals surface area contributed by atoms with E-state index in [-0.39, 0.29) is 6.10 Å². The van der Waals surface area contributed by atoms with Gasteiger partial charge in [0.25, 0.3) is 0 Å². The molecule has 0 heterocycles. The Morgan fingerprint density at radius 2 is 1.88 bits per heavy atom. The zero-order chi connectivity index (χ0) is 11.2. The summed E-state index contributed by atoms with van der Waals surface area (Å²) in [6.45, 7) is 0.722. The van der Waals surface area contributed by atoms with Gasteiger partial charge in [-0.3, -0.25) is 0 Å². The fraction of sp³-hybridized carbons (Fsp3) is 0.571. The summed E-state index contributed by atoms with van der Waals surface area (Å²) < 4.78 is 0. The third kappa shape index (κ3) is 3.62. The molecule has 1 saturated carbocycles. The second-order valence-corrected chi connectivity index (χ2v) is 4.73. The number of nitrogens with one attached hydrogen (secondary N) is 1. The zero-order valence-corrected chi connectivity index (χ0v) is 9.73. The van der Waals surface area contributed by atoms with Gasteiger partial charge in [-0.1, -0.05) is 43.2 Å². The summed E-state index contributed by atoms with van der Waals surface area (Å²) in [6, 6.07) is 10.8. The lowest BCUT2D eigenvalue weighted by Crippen LogP contribution is -2.34. The Morgan fingerprint density at radius 3 is 2.56 bits per heavy atom. The lowest BCUT2D eigenvalue weighted by Gasteiger charge is -2.16. The van der Waals surface area contributed by atoms with Crippen molar-refractivity contribution in [3.63, 3.8) is 0 Å². The van der Waals surface area contributed by atoms with Gasteiger partial charge in [0, 0.05) is 12.6 Å². The van der Waals surface area contributed by atoms with E-state index in [4.69, 9.17) is 0 Å². The van der Waals surface area contributed by atoms with Gasteiger partial charge in [-0.2, -0.15) is 0 Å². The lowest BCUT2D eigenvalue weighted by atomic mass is 10.1. The van der Waals surface area contributed by atoms with E-state index < -0.39 is 0 Å². The van der Waals surface area contributed by atoms with E-state index in [1.54, 1.807) is 0 Å². The SMILES string of the molecule is OC(CNC1CCCC1)Cc1ccccc1. The Kier molecular flexibility index (Phi) is 4.37. The Morgan fingerprint density at radius 1 is 1.19 bits per heavy atom. The van der Waals surface area contributed by atoms with Crippen molar-refractivity contribution in [3.8, 4) is 0 Å². The number of aliphatic hydroxyl groups excluding tert-OH is 1. The molecule has 1 unspecified atom stereocenters. The van der Waals surface area contributed by atoms with Gasteiger partial charge in [0.15, 0.2) is 0 Å². The molecule has 1 aromatic carbocycles. The molecule has 2 nitrogen and oxygen atoms in total. The van der Waals surface area contributed by atoms with Crippen molar-refractivity contribution in [3.05, 3.63) is 35.9 Å². The fourth-order valence-electron chi connectivity index (χ4n) is 2.39. The van der Waals surface area contributed by atoms with Crippen LogP contribution in [0.4, 0.5) is 0 Å². The number of rotatable bonds is 5. The summed E-state index contributed by atoms with van der Waals surface area (Å²) >= 11 is 0. The van der Waals surface area contributed by atoms with Crippen molar-refractivity contribution in [2.75, 3.05) is 6.54 Å². The van der Waals surface area contributed by atoms with E-state index in [2.05, 4.69) is 17.4 Å². The molecule has 2 rings (SSSR count). The van der Waals surface area contributed by atoms with Crippen LogP contribution in [0.5, 0.6) is 0 Å². The van der Waals surface area contributed by atoms with Crippen LogP contribution in [0.15, 0.2) is 30.3 Å². The molecular weight excluding hydrogens is 198 g/mol. The molecule has 0 saturated heterocycles. The average molecular weight is 219 g/mol. The molecule has 88 valence electrons. The van der Waals surface area contributed by atoms with Gasteiger partial charge in [-0.05, 0) is 24.8 Å². The number of benzene rings is 1. The zero-order valence-electron chi connectivity index (χ0n) is 9.73. The average Bonchev–Trinajstić information content (AvgIpc) is 2.81. The third-order valence-corrected chi connectivity index (χ3v) is 3.31. The van der Waals surface area contributed by atoms with E-state index in [1.807, 2.05) is 18.2 Å². The van der Waals surface area contributed by atoms with E-state index in [0.29, 0.717) is 6.04 Å². The minimum Gasteiger partial charge on any atom is -0.391 e. The minimum atomic E-state index is -0.261. The molecule has 2 N–H and O–H groups in total. The summed E-state index contributed by atoms with van der Waals surface area (Å²) in [5.41, 5.74) is 1.21. The summed E-state index contributed by atoms with van der Waals surface area (Å²) in [4.78, 5) is 0. The maximum absolute atomic E-state index is 9.90. The van der Waals surface area contributed by atoms with Crippen molar-refractivity contribution in [1.82, 2.24) is 5.32 Å². The standard InChI is InChI=1S/C14H21NO/c16-14(10-12-6-2-1-3-7-12)11-15-13-8-4-5-9-13/h1-3,6-7,13-16H,4-5,8-11H2. The summed E-state index contributed by atoms with van der Waals surface area (Å²) in [6.07, 6.45) is 5.72. The minimum absolute atomic E-state index is 0.261. The van der Waals surface area contributed by atoms with Crippen LogP contribution in [0.2, 0.25) is 0 Å². The molecule has 2 heteroatoms. The first-order valence-corrected chi connectivity index (χ1v) is 6.30. The first-order valence-electron chi connectivity index (χ1n) is 6.30. The van der Waals surface area contributed by atoms with Crippen molar-refractivity contribution < 1.29 is 5.11 Å². The second kappa shape index (κ2) is 6.02. The molecule has 0 aromatic heterocycles. The van der Waals surface area contributed by atoms with Crippen LogP contribution >= 0.6 is 0 Å². The summed E-state index contributed by atoms with van der Waals surface area (Å²) in [5, 5.41) is 13.4. The first-order chi connectivity index (χ1) is 7.84. The molecule has 16 heavy (non-hydrogen) atoms. The maximum Gasteiger partial charge on any atom is 0.0704 e. The smallest absolute Gasteiger partial charge is 0.0704 e. The van der Waals surface area contributed by atoms with Crippen molar-refractivity contribution in [2.45, 2.75) is 44.2 Å². The van der Waals surface area contributed by atoms with Gasteiger partial charge in [0.2, 0.25) is 0 Å². The molecule has 0 radical (unpaired) electrons. The molecule has 0 aliphatic heterocycles. The van der Waals surface area contributed by atoms with Gasteiger partial charge in [-0.25, -0.2) is 0 Å². The summed E-state index contributed by atoms with van der Waals surface area (Å²) in [7, 11) is 0. The topological polar surface area (TPSA) is 32.3 Å². The molecule has 0 bridgehead atoms. The number of aliphatic hydroxyl groups is 1. The lowest BCUT2D eigenvalue weighted by molar-refractivity contribution is 0.167. The van der Waals surface area contributed by atoms with Crippen LogP contribution in [0.1, 0.15) is 31.2 Å². The molecule has 1 fully saturated rings. The molecule has 1 aliphatic rings. The van der Waals surface area contributed by atoms with Gasteiger partial charge >= 0.3 is 0 Å². The molecular formula is C14H21NO. The predicted molar refractivity (Wildman–Crippen MR) is 66.4 cm³/mol. The molecule has 0 spiro atoms. The van der Waals surface area contributed by atoms with E-state index in [1.165, 1.54) is 31.2 Å². The molecule has 0 amide bonds. The number of hydrogen-bond acceptors (Lipinski definition) is 2. The highest BCUT2D eigenvalue weighted by Gasteiger charge is 2.15. The van der Waals surface area contributed by atoms with Crippen LogP contribution in [0.3, 0.4) is 0 Å². The van der Waals surface area contributed by atoms with Crippen LogP contribution < -0.4 is 5.32 Å². The predicted octanol–water partition coefficient (Wildman–Crippen LogP) is 2.12. The Labute approximate surface area is 97.7 Å². The van der Waals surface area contributed by atoms with E-state index >= 15 is 0 Å². The molecule has 1 aliphatic carbocycles. The van der Waals surface area contributed by atoms with Crippen LogP contribution in [0, 0.1) is 0 Å². The van der Waals surface area contributed by atoms with Crippen molar-refractivity contribution in [2.24, 2.45) is 0 Å². The maximum atomic E-state index is 9.90. The fourth-order valence-corrected chi connectivity index (χ4v) is 2.39. The van der Waals surface area contributed by atoms with Crippen LogP contribution in [-0.4, -0.2) is 23.8 Å². The quantitative estimate of drug-likeness (QED) is 0.795. The van der Waals surface area contributed by atoms with Gasteiger partial charge in [0.1, 0.15) is 0 Å². The normalized spacial score (nSPS) is 18.8. The highest BCUT2D eigenvalue weighted by Crippen LogP contribution is 2.17. The Bertz CT molecular complexity index is 293. The largest absolute Gasteiger partial charge is 0.391 e. The van der Waals surface area contributed by atoms with Crippen LogP contribution in [0.25, 0.3) is 0 Å². The first kappa shape index (κ1) is 11.6.